The summed E-state index contributed by atoms with van der Waals surface area (Å²) in [6.07, 6.45) is 4.80. The summed E-state index contributed by atoms with van der Waals surface area (Å²) in [6, 6.07) is 3.71. The van der Waals surface area contributed by atoms with Crippen molar-refractivity contribution in [1.82, 2.24) is 14.3 Å². The third-order valence-corrected chi connectivity index (χ3v) is 6.22. The summed E-state index contributed by atoms with van der Waals surface area (Å²) >= 11 is 6.59. The Kier molecular flexibility index (Phi) is 8.80. The van der Waals surface area contributed by atoms with Gasteiger partial charge in [0, 0.05) is 46.2 Å². The van der Waals surface area contributed by atoms with E-state index in [1.165, 1.54) is 16.2 Å². The van der Waals surface area contributed by atoms with Gasteiger partial charge >= 0.3 is 0 Å². The van der Waals surface area contributed by atoms with Gasteiger partial charge in [-0.25, -0.2) is 4.98 Å². The van der Waals surface area contributed by atoms with Crippen molar-refractivity contribution in [3.63, 3.8) is 0 Å². The minimum absolute atomic E-state index is 0.202. The fourth-order valence-electron chi connectivity index (χ4n) is 3.24. The maximum absolute atomic E-state index is 13.3. The van der Waals surface area contributed by atoms with Crippen molar-refractivity contribution >= 4 is 51.7 Å². The number of thioether (sulfide) groups is 1. The number of aryl methyl sites for hydroxylation is 1. The molecular formula is C22H28N4O4S2. The van der Waals surface area contributed by atoms with Gasteiger partial charge in [-0.3, -0.25) is 18.9 Å². The molecule has 0 bridgehead atoms. The zero-order valence-electron chi connectivity index (χ0n) is 18.6. The summed E-state index contributed by atoms with van der Waals surface area (Å²) in [4.78, 5) is 32.9. The molecule has 1 saturated heterocycles. The molecule has 2 aromatic rings. The van der Waals surface area contributed by atoms with Gasteiger partial charge < -0.3 is 14.8 Å². The number of methoxy groups -OCH3 is 1. The summed E-state index contributed by atoms with van der Waals surface area (Å²) in [5.41, 5.74) is 1.57. The zero-order valence-corrected chi connectivity index (χ0v) is 20.2. The second kappa shape index (κ2) is 11.6. The molecule has 0 aromatic carbocycles. The third kappa shape index (κ3) is 5.74. The molecule has 0 saturated carbocycles. The Morgan fingerprint density at radius 1 is 1.25 bits per heavy atom. The highest BCUT2D eigenvalue weighted by atomic mass is 32.2. The number of pyridine rings is 1. The SMILES string of the molecule is CCOCCCNc1nc2ccc(C)cn2c(=O)c1/C=C1/SC(=S)N(CCCOC)C1=O. The van der Waals surface area contributed by atoms with Gasteiger partial charge in [-0.2, -0.15) is 0 Å². The van der Waals surface area contributed by atoms with Gasteiger partial charge in [0.15, 0.2) is 0 Å². The van der Waals surface area contributed by atoms with Crippen molar-refractivity contribution in [1.29, 1.82) is 0 Å². The van der Waals surface area contributed by atoms with Gasteiger partial charge in [-0.15, -0.1) is 0 Å². The van der Waals surface area contributed by atoms with Crippen molar-refractivity contribution in [2.75, 3.05) is 45.3 Å². The lowest BCUT2D eigenvalue weighted by molar-refractivity contribution is -0.122. The van der Waals surface area contributed by atoms with Crippen LogP contribution in [0.25, 0.3) is 11.7 Å². The van der Waals surface area contributed by atoms with E-state index in [9.17, 15) is 9.59 Å². The monoisotopic (exact) mass is 476 g/mol. The Morgan fingerprint density at radius 2 is 2.06 bits per heavy atom. The lowest BCUT2D eigenvalue weighted by Crippen LogP contribution is -2.29. The number of carbonyl (C=O) groups excluding carboxylic acids is 1. The first-order valence-corrected chi connectivity index (χ1v) is 11.8. The fourth-order valence-corrected chi connectivity index (χ4v) is 4.53. The van der Waals surface area contributed by atoms with Crippen LogP contribution in [0.5, 0.6) is 0 Å². The number of nitrogens with zero attached hydrogens (tertiary/aromatic N) is 3. The molecule has 1 N–H and O–H groups in total. The number of ether oxygens (including phenoxy) is 2. The molecule has 2 aromatic heterocycles. The normalized spacial score (nSPS) is 15.3. The largest absolute Gasteiger partial charge is 0.385 e. The Labute approximate surface area is 197 Å². The van der Waals surface area contributed by atoms with E-state index in [1.807, 2.05) is 19.9 Å². The molecule has 32 heavy (non-hydrogen) atoms. The number of carbonyl (C=O) groups is 1. The first-order valence-electron chi connectivity index (χ1n) is 10.5. The molecule has 3 heterocycles. The van der Waals surface area contributed by atoms with Gasteiger partial charge in [0.25, 0.3) is 11.5 Å². The fraction of sp³-hybridized carbons (Fsp3) is 0.455. The van der Waals surface area contributed by atoms with E-state index in [0.717, 1.165) is 12.0 Å². The average Bonchev–Trinajstić information content (AvgIpc) is 3.04. The highest BCUT2D eigenvalue weighted by molar-refractivity contribution is 8.26. The van der Waals surface area contributed by atoms with Crippen LogP contribution in [-0.2, 0) is 14.3 Å². The number of amides is 1. The molecule has 0 spiro atoms. The molecule has 0 radical (unpaired) electrons. The van der Waals surface area contributed by atoms with Crippen molar-refractivity contribution in [3.05, 3.63) is 44.7 Å². The lowest BCUT2D eigenvalue weighted by atomic mass is 10.2. The number of thiocarbonyl (C=S) groups is 1. The van der Waals surface area contributed by atoms with Crippen LogP contribution in [0.15, 0.2) is 28.0 Å². The van der Waals surface area contributed by atoms with Crippen LogP contribution in [0.2, 0.25) is 0 Å². The average molecular weight is 477 g/mol. The highest BCUT2D eigenvalue weighted by Crippen LogP contribution is 2.33. The first kappa shape index (κ1) is 24.4. The van der Waals surface area contributed by atoms with E-state index < -0.39 is 0 Å². The number of rotatable bonds is 11. The van der Waals surface area contributed by atoms with Crippen LogP contribution >= 0.6 is 24.0 Å². The van der Waals surface area contributed by atoms with Crippen LogP contribution < -0.4 is 10.9 Å². The predicted octanol–water partition coefficient (Wildman–Crippen LogP) is 3.08. The smallest absolute Gasteiger partial charge is 0.267 e. The quantitative estimate of drug-likeness (QED) is 0.301. The zero-order chi connectivity index (χ0) is 23.1. The maximum Gasteiger partial charge on any atom is 0.267 e. The lowest BCUT2D eigenvalue weighted by Gasteiger charge is -2.13. The number of anilines is 1. The van der Waals surface area contributed by atoms with E-state index in [1.54, 1.807) is 30.3 Å². The molecule has 0 aliphatic carbocycles. The molecular weight excluding hydrogens is 448 g/mol. The minimum atomic E-state index is -0.240. The Morgan fingerprint density at radius 3 is 2.81 bits per heavy atom. The molecule has 1 aliphatic rings. The summed E-state index contributed by atoms with van der Waals surface area (Å²) < 4.78 is 12.4. The van der Waals surface area contributed by atoms with Gasteiger partial charge in [-0.1, -0.05) is 30.0 Å². The van der Waals surface area contributed by atoms with E-state index in [0.29, 0.717) is 65.6 Å². The number of fused-ring (bicyclic) bond motifs is 1. The topological polar surface area (TPSA) is 85.2 Å². The molecule has 8 nitrogen and oxygen atoms in total. The Bertz CT molecular complexity index is 1080. The van der Waals surface area contributed by atoms with Crippen molar-refractivity contribution in [3.8, 4) is 0 Å². The number of aromatic nitrogens is 2. The Balaban J connectivity index is 1.95. The van der Waals surface area contributed by atoms with Crippen molar-refractivity contribution in [2.24, 2.45) is 0 Å². The number of hydrogen-bond acceptors (Lipinski definition) is 8. The summed E-state index contributed by atoms with van der Waals surface area (Å²) in [7, 11) is 1.62. The van der Waals surface area contributed by atoms with Gasteiger partial charge in [0.1, 0.15) is 15.8 Å². The van der Waals surface area contributed by atoms with E-state index in [-0.39, 0.29) is 11.5 Å². The van der Waals surface area contributed by atoms with E-state index in [4.69, 9.17) is 21.7 Å². The van der Waals surface area contributed by atoms with Crippen LogP contribution in [0, 0.1) is 6.92 Å². The van der Waals surface area contributed by atoms with Gasteiger partial charge in [0.2, 0.25) is 0 Å². The standard InChI is InChI=1S/C22H28N4O4S2/c1-4-30-12-5-9-23-19-16(20(27)26-14-15(2)7-8-18(26)24-19)13-17-21(28)25(22(31)32-17)10-6-11-29-3/h7-8,13-14,23H,4-6,9-12H2,1-3H3/b17-13+. The predicted molar refractivity (Wildman–Crippen MR) is 132 cm³/mol. The Hall–Kier alpha value is -2.27. The second-order valence-corrected chi connectivity index (χ2v) is 8.95. The first-order chi connectivity index (χ1) is 15.5. The molecule has 172 valence electrons. The van der Waals surface area contributed by atoms with Crippen molar-refractivity contribution in [2.45, 2.75) is 26.7 Å². The number of hydrogen-bond donors (Lipinski definition) is 1. The van der Waals surface area contributed by atoms with Crippen LogP contribution in [0.1, 0.15) is 30.9 Å². The van der Waals surface area contributed by atoms with Crippen LogP contribution in [0.4, 0.5) is 5.82 Å². The second-order valence-electron chi connectivity index (χ2n) is 7.27. The number of nitrogens with one attached hydrogen (secondary N) is 1. The molecule has 0 unspecified atom stereocenters. The third-order valence-electron chi connectivity index (χ3n) is 4.85. The summed E-state index contributed by atoms with van der Waals surface area (Å²) in [5.74, 6) is 0.243. The van der Waals surface area contributed by atoms with Crippen LogP contribution in [0.3, 0.4) is 0 Å². The van der Waals surface area contributed by atoms with E-state index >= 15 is 0 Å². The van der Waals surface area contributed by atoms with Gasteiger partial charge in [-0.05, 0) is 44.4 Å². The van der Waals surface area contributed by atoms with Crippen molar-refractivity contribution < 1.29 is 14.3 Å². The molecule has 1 aliphatic heterocycles. The van der Waals surface area contributed by atoms with Crippen LogP contribution in [-0.4, -0.2) is 64.5 Å². The molecule has 3 rings (SSSR count). The molecule has 0 atom stereocenters. The molecule has 1 amide bonds. The minimum Gasteiger partial charge on any atom is -0.385 e. The summed E-state index contributed by atoms with van der Waals surface area (Å²) in [5, 5.41) is 3.24. The molecule has 10 heteroatoms. The van der Waals surface area contributed by atoms with Gasteiger partial charge in [0.05, 0.1) is 10.5 Å². The highest BCUT2D eigenvalue weighted by Gasteiger charge is 2.32. The summed E-state index contributed by atoms with van der Waals surface area (Å²) in [6.45, 7) is 6.75. The van der Waals surface area contributed by atoms with E-state index in [2.05, 4.69) is 10.3 Å². The maximum atomic E-state index is 13.3. The molecule has 1 fully saturated rings.